The number of hydrogen-bond acceptors (Lipinski definition) is 2. The van der Waals surface area contributed by atoms with Gasteiger partial charge in [0.15, 0.2) is 0 Å². The van der Waals surface area contributed by atoms with Crippen LogP contribution in [0.5, 0.6) is 0 Å². The van der Waals surface area contributed by atoms with Crippen LogP contribution in [0.25, 0.3) is 0 Å². The third-order valence-electron chi connectivity index (χ3n) is 2.25. The minimum atomic E-state index is -4.92. The van der Waals surface area contributed by atoms with E-state index in [1.165, 1.54) is 0 Å². The van der Waals surface area contributed by atoms with Crippen LogP contribution in [-0.4, -0.2) is 23.0 Å². The first-order valence-electron chi connectivity index (χ1n) is 5.03. The molecule has 2 N–H and O–H groups in total. The maximum absolute atomic E-state index is 12.8. The summed E-state index contributed by atoms with van der Waals surface area (Å²) in [4.78, 5) is 22.0. The van der Waals surface area contributed by atoms with E-state index < -0.39 is 41.0 Å². The standard InChI is InChI=1S/C11H9F4NO3/c1-5(10(18)19)16-9(17)7-3-2-6(12)4-8(7)11(13,14)15/h2-5H,1H3,(H,16,17)(H,18,19)/t5-/m0/s1. The van der Waals surface area contributed by atoms with Gasteiger partial charge in [-0.15, -0.1) is 0 Å². The smallest absolute Gasteiger partial charge is 0.417 e. The van der Waals surface area contributed by atoms with Crippen LogP contribution in [0, 0.1) is 5.82 Å². The van der Waals surface area contributed by atoms with Crippen LogP contribution < -0.4 is 5.32 Å². The topological polar surface area (TPSA) is 66.4 Å². The highest BCUT2D eigenvalue weighted by Gasteiger charge is 2.36. The van der Waals surface area contributed by atoms with Crippen LogP contribution in [0.15, 0.2) is 18.2 Å². The molecule has 104 valence electrons. The van der Waals surface area contributed by atoms with Crippen LogP contribution in [0.3, 0.4) is 0 Å². The number of carboxylic acid groups (broad SMARTS) is 1. The molecule has 0 aliphatic heterocycles. The number of aliphatic carboxylic acids is 1. The Morgan fingerprint density at radius 3 is 2.37 bits per heavy atom. The van der Waals surface area contributed by atoms with E-state index in [0.29, 0.717) is 12.1 Å². The van der Waals surface area contributed by atoms with Crippen molar-refractivity contribution in [3.63, 3.8) is 0 Å². The van der Waals surface area contributed by atoms with Crippen LogP contribution >= 0.6 is 0 Å². The summed E-state index contributed by atoms with van der Waals surface area (Å²) in [5.74, 6) is -3.78. The first-order valence-corrected chi connectivity index (χ1v) is 5.03. The number of nitrogens with one attached hydrogen (secondary N) is 1. The van der Waals surface area contributed by atoms with Crippen molar-refractivity contribution >= 4 is 11.9 Å². The van der Waals surface area contributed by atoms with Gasteiger partial charge in [0.1, 0.15) is 11.9 Å². The van der Waals surface area contributed by atoms with Gasteiger partial charge in [-0.1, -0.05) is 0 Å². The maximum atomic E-state index is 12.8. The van der Waals surface area contributed by atoms with E-state index in [4.69, 9.17) is 5.11 Å². The summed E-state index contributed by atoms with van der Waals surface area (Å²) in [5, 5.41) is 10.4. The molecule has 1 aromatic rings. The largest absolute Gasteiger partial charge is 0.480 e. The Morgan fingerprint density at radius 2 is 1.89 bits per heavy atom. The molecule has 0 aromatic heterocycles. The molecular formula is C11H9F4NO3. The molecule has 0 aliphatic carbocycles. The number of hydrogen-bond donors (Lipinski definition) is 2. The highest BCUT2D eigenvalue weighted by molar-refractivity contribution is 5.97. The summed E-state index contributed by atoms with van der Waals surface area (Å²) >= 11 is 0. The molecule has 8 heteroatoms. The number of rotatable bonds is 3. The quantitative estimate of drug-likeness (QED) is 0.832. The van der Waals surface area contributed by atoms with E-state index in [1.807, 2.05) is 5.32 Å². The summed E-state index contributed by atoms with van der Waals surface area (Å²) in [6.07, 6.45) is -4.92. The number of alkyl halides is 3. The van der Waals surface area contributed by atoms with Gasteiger partial charge in [0, 0.05) is 0 Å². The zero-order valence-corrected chi connectivity index (χ0v) is 9.58. The van der Waals surface area contributed by atoms with Gasteiger partial charge in [-0.3, -0.25) is 9.59 Å². The van der Waals surface area contributed by atoms with Crippen LogP contribution in [0.2, 0.25) is 0 Å². The van der Waals surface area contributed by atoms with Crippen molar-refractivity contribution in [3.05, 3.63) is 35.1 Å². The highest BCUT2D eigenvalue weighted by Crippen LogP contribution is 2.32. The van der Waals surface area contributed by atoms with E-state index in [2.05, 4.69) is 0 Å². The Bertz CT molecular complexity index is 513. The Hall–Kier alpha value is -2.12. The molecule has 1 aromatic carbocycles. The lowest BCUT2D eigenvalue weighted by Crippen LogP contribution is -2.39. The second kappa shape index (κ2) is 5.25. The van der Waals surface area contributed by atoms with Gasteiger partial charge in [0.25, 0.3) is 5.91 Å². The monoisotopic (exact) mass is 279 g/mol. The van der Waals surface area contributed by atoms with Crippen molar-refractivity contribution < 1.29 is 32.3 Å². The molecule has 1 atom stereocenters. The molecule has 0 aliphatic rings. The third-order valence-corrected chi connectivity index (χ3v) is 2.25. The Kier molecular flexibility index (Phi) is 4.13. The zero-order valence-electron chi connectivity index (χ0n) is 9.58. The fraction of sp³-hybridized carbons (Fsp3) is 0.273. The first kappa shape index (κ1) is 14.9. The molecule has 0 heterocycles. The summed E-state index contributed by atoms with van der Waals surface area (Å²) in [6, 6.07) is 0.163. The van der Waals surface area contributed by atoms with Crippen LogP contribution in [-0.2, 0) is 11.0 Å². The van der Waals surface area contributed by atoms with Gasteiger partial charge in [-0.05, 0) is 25.1 Å². The number of carbonyl (C=O) groups excluding carboxylic acids is 1. The number of benzene rings is 1. The summed E-state index contributed by atoms with van der Waals surface area (Å²) in [7, 11) is 0. The SMILES string of the molecule is C[C@H](NC(=O)c1ccc(F)cc1C(F)(F)F)C(=O)O. The van der Waals surface area contributed by atoms with Crippen molar-refractivity contribution in [3.8, 4) is 0 Å². The highest BCUT2D eigenvalue weighted by atomic mass is 19.4. The van der Waals surface area contributed by atoms with Gasteiger partial charge in [0.2, 0.25) is 0 Å². The van der Waals surface area contributed by atoms with E-state index in [0.717, 1.165) is 6.92 Å². The van der Waals surface area contributed by atoms with E-state index >= 15 is 0 Å². The fourth-order valence-corrected chi connectivity index (χ4v) is 1.29. The number of halogens is 4. The van der Waals surface area contributed by atoms with Gasteiger partial charge in [-0.25, -0.2) is 4.39 Å². The summed E-state index contributed by atoms with van der Waals surface area (Å²) in [5.41, 5.74) is -2.29. The molecule has 4 nitrogen and oxygen atoms in total. The van der Waals surface area contributed by atoms with Gasteiger partial charge in [0.05, 0.1) is 11.1 Å². The predicted octanol–water partition coefficient (Wildman–Crippen LogP) is 2.05. The van der Waals surface area contributed by atoms with Crippen LogP contribution in [0.1, 0.15) is 22.8 Å². The Labute approximate surface area is 105 Å². The minimum absolute atomic E-state index is 0.181. The maximum Gasteiger partial charge on any atom is 0.417 e. The van der Waals surface area contributed by atoms with Crippen molar-refractivity contribution in [1.29, 1.82) is 0 Å². The Morgan fingerprint density at radius 1 is 1.32 bits per heavy atom. The van der Waals surface area contributed by atoms with Crippen molar-refractivity contribution in [2.45, 2.75) is 19.1 Å². The summed E-state index contributed by atoms with van der Waals surface area (Å²) < 4.78 is 50.7. The van der Waals surface area contributed by atoms with Gasteiger partial charge in [-0.2, -0.15) is 13.2 Å². The normalized spacial score (nSPS) is 12.9. The summed E-state index contributed by atoms with van der Waals surface area (Å²) in [6.45, 7) is 1.09. The van der Waals surface area contributed by atoms with Crippen molar-refractivity contribution in [1.82, 2.24) is 5.32 Å². The molecular weight excluding hydrogens is 270 g/mol. The number of carbonyl (C=O) groups is 2. The van der Waals surface area contributed by atoms with Gasteiger partial charge >= 0.3 is 12.1 Å². The number of carboxylic acids is 1. The molecule has 0 saturated carbocycles. The predicted molar refractivity (Wildman–Crippen MR) is 56.0 cm³/mol. The molecule has 1 rings (SSSR count). The molecule has 0 bridgehead atoms. The fourth-order valence-electron chi connectivity index (χ4n) is 1.29. The van der Waals surface area contributed by atoms with E-state index in [1.54, 1.807) is 0 Å². The molecule has 19 heavy (non-hydrogen) atoms. The number of amides is 1. The second-order valence-corrected chi connectivity index (χ2v) is 3.72. The average molecular weight is 279 g/mol. The molecule has 1 amide bonds. The minimum Gasteiger partial charge on any atom is -0.480 e. The van der Waals surface area contributed by atoms with Crippen molar-refractivity contribution in [2.75, 3.05) is 0 Å². The van der Waals surface area contributed by atoms with Gasteiger partial charge < -0.3 is 10.4 Å². The zero-order chi connectivity index (χ0) is 14.8. The third kappa shape index (κ3) is 3.67. The molecule has 0 saturated heterocycles. The lowest BCUT2D eigenvalue weighted by molar-refractivity contribution is -0.138. The van der Waals surface area contributed by atoms with Crippen LogP contribution in [0.4, 0.5) is 17.6 Å². The second-order valence-electron chi connectivity index (χ2n) is 3.72. The Balaban J connectivity index is 3.13. The molecule has 0 unspecified atom stereocenters. The van der Waals surface area contributed by atoms with Crippen molar-refractivity contribution in [2.24, 2.45) is 0 Å². The first-order chi connectivity index (χ1) is 8.62. The molecule has 0 radical (unpaired) electrons. The molecule has 0 spiro atoms. The van der Waals surface area contributed by atoms with E-state index in [-0.39, 0.29) is 6.07 Å². The van der Waals surface area contributed by atoms with E-state index in [9.17, 15) is 27.2 Å². The lowest BCUT2D eigenvalue weighted by atomic mass is 10.1. The lowest BCUT2D eigenvalue weighted by Gasteiger charge is -2.14. The average Bonchev–Trinajstić information content (AvgIpc) is 2.27. The molecule has 0 fully saturated rings.